The van der Waals surface area contributed by atoms with Gasteiger partial charge in [-0.1, -0.05) is 12.1 Å². The highest BCUT2D eigenvalue weighted by molar-refractivity contribution is 6.01. The molecule has 1 aromatic heterocycles. The molecule has 0 radical (unpaired) electrons. The van der Waals surface area contributed by atoms with Crippen LogP contribution in [-0.4, -0.2) is 47.7 Å². The van der Waals surface area contributed by atoms with Crippen LogP contribution in [0.4, 0.5) is 0 Å². The molecule has 1 aliphatic heterocycles. The summed E-state index contributed by atoms with van der Waals surface area (Å²) in [5, 5.41) is 0. The van der Waals surface area contributed by atoms with Gasteiger partial charge < -0.3 is 19.4 Å². The molecule has 1 saturated heterocycles. The van der Waals surface area contributed by atoms with Crippen LogP contribution in [0.25, 0.3) is 11.1 Å². The summed E-state index contributed by atoms with van der Waals surface area (Å²) in [7, 11) is 1.64. The number of H-pyrrole nitrogens is 1. The quantitative estimate of drug-likeness (QED) is 0.940. The molecule has 1 atom stereocenters. The lowest BCUT2D eigenvalue weighted by Gasteiger charge is -2.41. The van der Waals surface area contributed by atoms with Gasteiger partial charge in [0.15, 0.2) is 0 Å². The summed E-state index contributed by atoms with van der Waals surface area (Å²) in [6.07, 6.45) is 3.65. The molecule has 0 bridgehead atoms. The van der Waals surface area contributed by atoms with Crippen molar-refractivity contribution in [2.24, 2.45) is 0 Å². The first-order chi connectivity index (χ1) is 11.4. The molecule has 5 heteroatoms. The summed E-state index contributed by atoms with van der Waals surface area (Å²) >= 11 is 0. The highest BCUT2D eigenvalue weighted by Gasteiger charge is 2.34. The molecule has 0 saturated carbocycles. The van der Waals surface area contributed by atoms with E-state index in [-0.39, 0.29) is 17.6 Å². The van der Waals surface area contributed by atoms with Gasteiger partial charge in [0, 0.05) is 31.0 Å². The lowest BCUT2D eigenvalue weighted by atomic mass is 10.0. The minimum atomic E-state index is -0.334. The van der Waals surface area contributed by atoms with Crippen LogP contribution >= 0.6 is 0 Å². The smallest absolute Gasteiger partial charge is 0.256 e. The zero-order valence-electron chi connectivity index (χ0n) is 14.6. The number of rotatable bonds is 3. The maximum absolute atomic E-state index is 13.1. The van der Waals surface area contributed by atoms with E-state index in [0.29, 0.717) is 18.7 Å². The number of nitrogens with one attached hydrogen (secondary N) is 1. The van der Waals surface area contributed by atoms with Crippen LogP contribution in [-0.2, 0) is 4.74 Å². The highest BCUT2D eigenvalue weighted by Crippen LogP contribution is 2.29. The van der Waals surface area contributed by atoms with Gasteiger partial charge in [-0.05, 0) is 38.5 Å². The van der Waals surface area contributed by atoms with Crippen LogP contribution in [0.1, 0.15) is 31.1 Å². The number of nitrogens with zero attached hydrogens (tertiary/aromatic N) is 1. The van der Waals surface area contributed by atoms with E-state index < -0.39 is 0 Å². The van der Waals surface area contributed by atoms with Crippen LogP contribution in [0.2, 0.25) is 0 Å². The molecule has 1 N–H and O–H groups in total. The van der Waals surface area contributed by atoms with Crippen molar-refractivity contribution in [3.05, 3.63) is 42.2 Å². The van der Waals surface area contributed by atoms with Crippen molar-refractivity contribution in [1.82, 2.24) is 9.88 Å². The molecule has 5 nitrogen and oxygen atoms in total. The van der Waals surface area contributed by atoms with Crippen molar-refractivity contribution in [2.45, 2.75) is 32.5 Å². The Bertz CT molecular complexity index is 736. The van der Waals surface area contributed by atoms with Gasteiger partial charge in [0.25, 0.3) is 5.91 Å². The Labute approximate surface area is 142 Å². The van der Waals surface area contributed by atoms with Crippen LogP contribution in [0, 0.1) is 0 Å². The van der Waals surface area contributed by atoms with Gasteiger partial charge in [0.1, 0.15) is 5.75 Å². The van der Waals surface area contributed by atoms with E-state index in [9.17, 15) is 4.79 Å². The Hall–Kier alpha value is -2.27. The summed E-state index contributed by atoms with van der Waals surface area (Å²) in [4.78, 5) is 18.0. The topological polar surface area (TPSA) is 54.6 Å². The van der Waals surface area contributed by atoms with Gasteiger partial charge in [-0.25, -0.2) is 0 Å². The zero-order chi connectivity index (χ0) is 17.3. The van der Waals surface area contributed by atoms with E-state index >= 15 is 0 Å². The van der Waals surface area contributed by atoms with E-state index in [2.05, 4.69) is 4.98 Å². The molecule has 3 rings (SSSR count). The third-order valence-corrected chi connectivity index (χ3v) is 4.21. The summed E-state index contributed by atoms with van der Waals surface area (Å²) in [6, 6.07) is 7.74. The molecule has 2 heterocycles. The first-order valence-electron chi connectivity index (χ1n) is 8.18. The minimum absolute atomic E-state index is 0.0249. The fourth-order valence-corrected chi connectivity index (χ4v) is 3.35. The number of amides is 1. The minimum Gasteiger partial charge on any atom is -0.497 e. The summed E-state index contributed by atoms with van der Waals surface area (Å²) in [5.41, 5.74) is 2.18. The summed E-state index contributed by atoms with van der Waals surface area (Å²) < 4.78 is 11.2. The van der Waals surface area contributed by atoms with Crippen molar-refractivity contribution in [3.8, 4) is 16.9 Å². The van der Waals surface area contributed by atoms with Crippen molar-refractivity contribution in [2.75, 3.05) is 20.2 Å². The van der Waals surface area contributed by atoms with Crippen LogP contribution in [0.15, 0.2) is 36.7 Å². The monoisotopic (exact) mass is 328 g/mol. The molecule has 2 aromatic rings. The van der Waals surface area contributed by atoms with Crippen LogP contribution in [0.5, 0.6) is 5.75 Å². The van der Waals surface area contributed by atoms with Gasteiger partial charge in [-0.3, -0.25) is 4.79 Å². The maximum Gasteiger partial charge on any atom is 0.256 e. The molecule has 24 heavy (non-hydrogen) atoms. The van der Waals surface area contributed by atoms with E-state index in [1.54, 1.807) is 13.3 Å². The number of carbonyl (C=O) groups excluding carboxylic acids is 1. The third kappa shape index (κ3) is 3.31. The number of benzene rings is 1. The number of hydrogen-bond acceptors (Lipinski definition) is 3. The number of morpholine rings is 1. The van der Waals surface area contributed by atoms with E-state index in [0.717, 1.165) is 16.9 Å². The molecule has 128 valence electrons. The number of carbonyl (C=O) groups is 1. The Morgan fingerprint density at radius 1 is 1.38 bits per heavy atom. The molecule has 0 aliphatic carbocycles. The van der Waals surface area contributed by atoms with E-state index in [4.69, 9.17) is 9.47 Å². The zero-order valence-corrected chi connectivity index (χ0v) is 14.6. The molecule has 1 aliphatic rings. The van der Waals surface area contributed by atoms with E-state index in [1.165, 1.54) is 0 Å². The Kier molecular flexibility index (Phi) is 4.37. The fourth-order valence-electron chi connectivity index (χ4n) is 3.35. The standard InChI is InChI=1S/C19H24N2O3/c1-13-11-21(12-19(2,3)24-13)18(22)17-10-20-9-16(17)14-6-5-7-15(8-14)23-4/h5-10,13,20H,11-12H2,1-4H3/t13-/m0/s1. The Morgan fingerprint density at radius 2 is 2.17 bits per heavy atom. The molecule has 0 unspecified atom stereocenters. The molecule has 1 aromatic carbocycles. The maximum atomic E-state index is 13.1. The Balaban J connectivity index is 1.90. The first-order valence-corrected chi connectivity index (χ1v) is 8.18. The third-order valence-electron chi connectivity index (χ3n) is 4.21. The lowest BCUT2D eigenvalue weighted by Crippen LogP contribution is -2.53. The number of aromatic nitrogens is 1. The summed E-state index contributed by atoms with van der Waals surface area (Å²) in [6.45, 7) is 7.22. The van der Waals surface area contributed by atoms with Gasteiger partial charge in [0.05, 0.1) is 24.4 Å². The molecule has 0 spiro atoms. The second-order valence-electron chi connectivity index (χ2n) is 6.89. The largest absolute Gasteiger partial charge is 0.497 e. The average molecular weight is 328 g/mol. The molecular weight excluding hydrogens is 304 g/mol. The van der Waals surface area contributed by atoms with Crippen LogP contribution < -0.4 is 4.74 Å². The SMILES string of the molecule is COc1cccc(-c2c[nH]cc2C(=O)N2C[C@H](C)OC(C)(C)C2)c1. The fraction of sp³-hybridized carbons (Fsp3) is 0.421. The van der Waals surface area contributed by atoms with Crippen molar-refractivity contribution < 1.29 is 14.3 Å². The lowest BCUT2D eigenvalue weighted by molar-refractivity contribution is -0.118. The highest BCUT2D eigenvalue weighted by atomic mass is 16.5. The van der Waals surface area contributed by atoms with Crippen molar-refractivity contribution in [3.63, 3.8) is 0 Å². The molecule has 1 amide bonds. The normalized spacial score (nSPS) is 20.0. The predicted octanol–water partition coefficient (Wildman–Crippen LogP) is 3.33. The van der Waals surface area contributed by atoms with Gasteiger partial charge in [0.2, 0.25) is 0 Å². The van der Waals surface area contributed by atoms with Crippen molar-refractivity contribution >= 4 is 5.91 Å². The van der Waals surface area contributed by atoms with Crippen LogP contribution in [0.3, 0.4) is 0 Å². The number of methoxy groups -OCH3 is 1. The molecular formula is C19H24N2O3. The Morgan fingerprint density at radius 3 is 2.88 bits per heavy atom. The van der Waals surface area contributed by atoms with Gasteiger partial charge >= 0.3 is 0 Å². The first kappa shape index (κ1) is 16.6. The van der Waals surface area contributed by atoms with Gasteiger partial charge in [-0.15, -0.1) is 0 Å². The second-order valence-corrected chi connectivity index (χ2v) is 6.89. The van der Waals surface area contributed by atoms with E-state index in [1.807, 2.05) is 56.1 Å². The molecule has 1 fully saturated rings. The average Bonchev–Trinajstić information content (AvgIpc) is 3.01. The predicted molar refractivity (Wildman–Crippen MR) is 93.3 cm³/mol. The number of hydrogen-bond donors (Lipinski definition) is 1. The van der Waals surface area contributed by atoms with Crippen molar-refractivity contribution in [1.29, 1.82) is 0 Å². The number of ether oxygens (including phenoxy) is 2. The number of aromatic amines is 1. The summed E-state index contributed by atoms with van der Waals surface area (Å²) in [5.74, 6) is 0.797. The second kappa shape index (κ2) is 6.32. The van der Waals surface area contributed by atoms with Gasteiger partial charge in [-0.2, -0.15) is 0 Å².